The van der Waals surface area contributed by atoms with Crippen molar-refractivity contribution in [3.05, 3.63) is 191 Å². The third kappa shape index (κ3) is 3.56. The molecular formula is C44H32O. The molecule has 2 unspecified atom stereocenters. The van der Waals surface area contributed by atoms with E-state index in [2.05, 4.69) is 172 Å². The van der Waals surface area contributed by atoms with Crippen molar-refractivity contribution in [3.8, 4) is 33.8 Å². The molecule has 214 valence electrons. The Morgan fingerprint density at radius 3 is 1.87 bits per heavy atom. The maximum Gasteiger partial charge on any atom is 0.139 e. The van der Waals surface area contributed by atoms with Crippen molar-refractivity contribution in [1.82, 2.24) is 0 Å². The Bertz CT molecular complexity index is 2270. The number of benzene rings is 7. The molecule has 1 aliphatic heterocycles. The number of ether oxygens (including phenoxy) is 1. The van der Waals surface area contributed by atoms with Gasteiger partial charge in [-0.1, -0.05) is 146 Å². The van der Waals surface area contributed by atoms with Gasteiger partial charge in [-0.05, 0) is 75.7 Å². The van der Waals surface area contributed by atoms with Gasteiger partial charge in [0.05, 0.1) is 0 Å². The Balaban J connectivity index is 1.30. The second kappa shape index (κ2) is 9.55. The Morgan fingerprint density at radius 2 is 1.09 bits per heavy atom. The molecular weight excluding hydrogens is 544 g/mol. The molecule has 0 fully saturated rings. The highest BCUT2D eigenvalue weighted by atomic mass is 16.5. The van der Waals surface area contributed by atoms with Crippen LogP contribution >= 0.6 is 0 Å². The highest BCUT2D eigenvalue weighted by Crippen LogP contribution is 2.57. The third-order valence-electron chi connectivity index (χ3n) is 10.5. The minimum absolute atomic E-state index is 0.299. The fourth-order valence-electron chi connectivity index (χ4n) is 8.12. The highest BCUT2D eigenvalue weighted by Gasteiger charge is 2.43. The quantitative estimate of drug-likeness (QED) is 0.203. The summed E-state index contributed by atoms with van der Waals surface area (Å²) in [7, 11) is 0. The molecule has 9 rings (SSSR count). The molecule has 7 aromatic rings. The molecule has 0 bridgehead atoms. The van der Waals surface area contributed by atoms with E-state index in [1.165, 1.54) is 60.8 Å². The summed E-state index contributed by atoms with van der Waals surface area (Å²) in [6, 6.07) is 57.4. The molecule has 0 aromatic heterocycles. The summed E-state index contributed by atoms with van der Waals surface area (Å²) in [4.78, 5) is 0. The molecule has 1 aliphatic carbocycles. The van der Waals surface area contributed by atoms with Crippen molar-refractivity contribution in [2.75, 3.05) is 0 Å². The minimum atomic E-state index is -0.355. The van der Waals surface area contributed by atoms with Crippen LogP contribution in [0.5, 0.6) is 11.5 Å². The fourth-order valence-corrected chi connectivity index (χ4v) is 8.12. The zero-order valence-electron chi connectivity index (χ0n) is 25.4. The lowest BCUT2D eigenvalue weighted by atomic mass is 9.68. The molecule has 1 nitrogen and oxygen atoms in total. The van der Waals surface area contributed by atoms with Crippen LogP contribution in [0, 0.1) is 0 Å². The molecule has 0 radical (unpaired) electrons. The van der Waals surface area contributed by atoms with Crippen molar-refractivity contribution < 1.29 is 4.74 Å². The lowest BCUT2D eigenvalue weighted by Crippen LogP contribution is -2.29. The van der Waals surface area contributed by atoms with Gasteiger partial charge in [0.15, 0.2) is 0 Å². The molecule has 0 N–H and O–H groups in total. The number of para-hydroxylation sites is 2. The monoisotopic (exact) mass is 576 g/mol. The van der Waals surface area contributed by atoms with E-state index in [9.17, 15) is 0 Å². The molecule has 1 heteroatoms. The van der Waals surface area contributed by atoms with Gasteiger partial charge in [0, 0.05) is 27.5 Å². The van der Waals surface area contributed by atoms with E-state index in [0.29, 0.717) is 0 Å². The van der Waals surface area contributed by atoms with Crippen LogP contribution in [0.25, 0.3) is 33.0 Å². The topological polar surface area (TPSA) is 9.23 Å². The van der Waals surface area contributed by atoms with Crippen molar-refractivity contribution in [1.29, 1.82) is 0 Å². The summed E-state index contributed by atoms with van der Waals surface area (Å²) in [5, 5.41) is 2.58. The van der Waals surface area contributed by atoms with Gasteiger partial charge in [-0.3, -0.25) is 0 Å². The predicted molar refractivity (Wildman–Crippen MR) is 185 cm³/mol. The summed E-state index contributed by atoms with van der Waals surface area (Å²) in [6.07, 6.45) is 0. The number of rotatable bonds is 3. The fraction of sp³-hybridized carbons (Fsp3) is 0.0909. The van der Waals surface area contributed by atoms with E-state index in [0.717, 1.165) is 17.1 Å². The first-order valence-electron chi connectivity index (χ1n) is 15.8. The Hall–Kier alpha value is -5.40. The van der Waals surface area contributed by atoms with Crippen molar-refractivity contribution >= 4 is 10.8 Å². The standard InChI is InChI=1S/C44H32O/c1-43(31-15-5-3-6-16-31)36-21-11-12-23-40(36)45-42-34(20-13-22-38(42)43)30-24-26-35-39(28-30)44(2,32-17-7-4-8-18-32)37-27-25-29-14-9-10-19-33(29)41(35)37/h3-28H,1-2H3. The van der Waals surface area contributed by atoms with Gasteiger partial charge in [-0.2, -0.15) is 0 Å². The lowest BCUT2D eigenvalue weighted by molar-refractivity contribution is 0.429. The summed E-state index contributed by atoms with van der Waals surface area (Å²) >= 11 is 0. The maximum absolute atomic E-state index is 6.86. The minimum Gasteiger partial charge on any atom is -0.456 e. The van der Waals surface area contributed by atoms with Gasteiger partial charge in [0.25, 0.3) is 0 Å². The number of fused-ring (bicyclic) bond motifs is 7. The summed E-state index contributed by atoms with van der Waals surface area (Å²) in [6.45, 7) is 4.73. The second-order valence-corrected chi connectivity index (χ2v) is 12.7. The van der Waals surface area contributed by atoms with Gasteiger partial charge in [-0.15, -0.1) is 0 Å². The van der Waals surface area contributed by atoms with Crippen LogP contribution in [0.1, 0.15) is 47.2 Å². The largest absolute Gasteiger partial charge is 0.456 e. The van der Waals surface area contributed by atoms with Gasteiger partial charge >= 0.3 is 0 Å². The molecule has 0 saturated carbocycles. The van der Waals surface area contributed by atoms with Gasteiger partial charge < -0.3 is 4.74 Å². The van der Waals surface area contributed by atoms with Gasteiger partial charge in [0.2, 0.25) is 0 Å². The second-order valence-electron chi connectivity index (χ2n) is 12.7. The average Bonchev–Trinajstić information content (AvgIpc) is 3.37. The van der Waals surface area contributed by atoms with Crippen LogP contribution in [0.15, 0.2) is 158 Å². The van der Waals surface area contributed by atoms with Crippen molar-refractivity contribution in [2.24, 2.45) is 0 Å². The van der Waals surface area contributed by atoms with Gasteiger partial charge in [-0.25, -0.2) is 0 Å². The van der Waals surface area contributed by atoms with Crippen LogP contribution in [0.2, 0.25) is 0 Å². The number of hydrogen-bond acceptors (Lipinski definition) is 1. The predicted octanol–water partition coefficient (Wildman–Crippen LogP) is 11.3. The SMILES string of the molecule is CC1(c2ccccc2)c2ccccc2Oc2c(-c3ccc4c(c3)C(C)(c3ccccc3)c3ccc5ccccc5c3-4)cccc21. The van der Waals surface area contributed by atoms with E-state index in [1.54, 1.807) is 0 Å². The summed E-state index contributed by atoms with van der Waals surface area (Å²) in [5.74, 6) is 1.85. The maximum atomic E-state index is 6.86. The van der Waals surface area contributed by atoms with E-state index in [-0.39, 0.29) is 10.8 Å². The molecule has 0 amide bonds. The van der Waals surface area contributed by atoms with E-state index >= 15 is 0 Å². The molecule has 2 atom stereocenters. The average molecular weight is 577 g/mol. The normalized spacial score (nSPS) is 19.2. The smallest absolute Gasteiger partial charge is 0.139 e. The zero-order valence-corrected chi connectivity index (χ0v) is 25.4. The van der Waals surface area contributed by atoms with Crippen LogP contribution in [-0.2, 0) is 10.8 Å². The molecule has 45 heavy (non-hydrogen) atoms. The number of hydrogen-bond donors (Lipinski definition) is 0. The molecule has 1 heterocycles. The molecule has 2 aliphatic rings. The summed E-state index contributed by atoms with van der Waals surface area (Å²) < 4.78 is 6.86. The van der Waals surface area contributed by atoms with Crippen LogP contribution in [0.3, 0.4) is 0 Å². The summed E-state index contributed by atoms with van der Waals surface area (Å²) in [5.41, 5.74) is 11.9. The Morgan fingerprint density at radius 1 is 0.444 bits per heavy atom. The molecule has 7 aromatic carbocycles. The van der Waals surface area contributed by atoms with E-state index in [1.807, 2.05) is 0 Å². The Kier molecular flexibility index (Phi) is 5.53. The first-order chi connectivity index (χ1) is 22.1. The van der Waals surface area contributed by atoms with E-state index < -0.39 is 0 Å². The third-order valence-corrected chi connectivity index (χ3v) is 10.5. The highest BCUT2D eigenvalue weighted by molar-refractivity contribution is 6.03. The first kappa shape index (κ1) is 26.0. The van der Waals surface area contributed by atoms with Crippen LogP contribution in [0.4, 0.5) is 0 Å². The van der Waals surface area contributed by atoms with E-state index in [4.69, 9.17) is 4.74 Å². The van der Waals surface area contributed by atoms with Crippen molar-refractivity contribution in [3.63, 3.8) is 0 Å². The van der Waals surface area contributed by atoms with Crippen molar-refractivity contribution in [2.45, 2.75) is 24.7 Å². The first-order valence-corrected chi connectivity index (χ1v) is 15.8. The zero-order chi connectivity index (χ0) is 30.2. The molecule has 0 saturated heterocycles. The molecule has 0 spiro atoms. The van der Waals surface area contributed by atoms with Crippen LogP contribution in [-0.4, -0.2) is 0 Å². The van der Waals surface area contributed by atoms with Gasteiger partial charge in [0.1, 0.15) is 11.5 Å². The lowest BCUT2D eigenvalue weighted by Gasteiger charge is -2.39. The Labute approximate surface area is 264 Å². The van der Waals surface area contributed by atoms with Crippen LogP contribution < -0.4 is 4.74 Å².